The van der Waals surface area contributed by atoms with Crippen LogP contribution >= 0.6 is 0 Å². The molecule has 1 saturated carbocycles. The topological polar surface area (TPSA) is 62.9 Å². The highest BCUT2D eigenvalue weighted by molar-refractivity contribution is 6.00. The molecule has 0 bridgehead atoms. The standard InChI is InChI=1S/C23H29NO4/c1-14-7-11-24(12-8-14)22(26)21-15(2)19-17(27-21)5-6-18-20(19)16(25)13-23(28-18)9-3-4-10-23/h5-6,14,16,25H,3-4,7-13H2,1-2H3/t16-/m1/s1. The van der Waals surface area contributed by atoms with Gasteiger partial charge in [0.2, 0.25) is 0 Å². The predicted molar refractivity (Wildman–Crippen MR) is 107 cm³/mol. The second-order valence-corrected chi connectivity index (χ2v) is 9.09. The molecule has 2 fully saturated rings. The molecule has 5 nitrogen and oxygen atoms in total. The molecule has 0 radical (unpaired) electrons. The van der Waals surface area contributed by atoms with Gasteiger partial charge in [-0.25, -0.2) is 0 Å². The zero-order valence-electron chi connectivity index (χ0n) is 16.8. The van der Waals surface area contributed by atoms with Crippen molar-refractivity contribution in [3.8, 4) is 5.75 Å². The molecule has 3 aliphatic rings. The quantitative estimate of drug-likeness (QED) is 0.772. The Bertz CT molecular complexity index is 916. The van der Waals surface area contributed by atoms with Gasteiger partial charge < -0.3 is 19.2 Å². The number of benzene rings is 1. The number of likely N-dealkylation sites (tertiary alicyclic amines) is 1. The first kappa shape index (κ1) is 18.0. The number of ether oxygens (including phenoxy) is 1. The van der Waals surface area contributed by atoms with E-state index in [1.54, 1.807) is 0 Å². The lowest BCUT2D eigenvalue weighted by atomic mass is 9.85. The van der Waals surface area contributed by atoms with Crippen molar-refractivity contribution in [2.75, 3.05) is 13.1 Å². The summed E-state index contributed by atoms with van der Waals surface area (Å²) in [5, 5.41) is 11.9. The number of fused-ring (bicyclic) bond motifs is 3. The van der Waals surface area contributed by atoms with Crippen LogP contribution in [0.25, 0.3) is 11.0 Å². The summed E-state index contributed by atoms with van der Waals surface area (Å²) >= 11 is 0. The third-order valence-corrected chi connectivity index (χ3v) is 7.10. The number of aliphatic hydroxyl groups excluding tert-OH is 1. The Labute approximate surface area is 165 Å². The summed E-state index contributed by atoms with van der Waals surface area (Å²) in [4.78, 5) is 15.0. The molecule has 1 aromatic heterocycles. The lowest BCUT2D eigenvalue weighted by Gasteiger charge is -2.38. The molecule has 1 saturated heterocycles. The summed E-state index contributed by atoms with van der Waals surface area (Å²) in [6, 6.07) is 3.79. The van der Waals surface area contributed by atoms with Crippen molar-refractivity contribution in [2.24, 2.45) is 5.92 Å². The Hall–Kier alpha value is -2.01. The van der Waals surface area contributed by atoms with Crippen LogP contribution in [0, 0.1) is 12.8 Å². The van der Waals surface area contributed by atoms with Gasteiger partial charge in [-0.1, -0.05) is 6.92 Å². The predicted octanol–water partition coefficient (Wildman–Crippen LogP) is 4.74. The third-order valence-electron chi connectivity index (χ3n) is 7.10. The molecule has 28 heavy (non-hydrogen) atoms. The molecule has 0 unspecified atom stereocenters. The molecule has 150 valence electrons. The smallest absolute Gasteiger partial charge is 0.289 e. The Kier molecular flexibility index (Phi) is 4.20. The molecular weight excluding hydrogens is 354 g/mol. The van der Waals surface area contributed by atoms with E-state index in [0.717, 1.165) is 73.9 Å². The van der Waals surface area contributed by atoms with Crippen LogP contribution in [0.1, 0.15) is 79.7 Å². The van der Waals surface area contributed by atoms with E-state index in [4.69, 9.17) is 9.15 Å². The zero-order valence-corrected chi connectivity index (χ0v) is 16.8. The van der Waals surface area contributed by atoms with E-state index >= 15 is 0 Å². The number of hydrogen-bond acceptors (Lipinski definition) is 4. The Morgan fingerprint density at radius 2 is 1.93 bits per heavy atom. The zero-order chi connectivity index (χ0) is 19.5. The van der Waals surface area contributed by atoms with Gasteiger partial charge in [0.05, 0.1) is 6.10 Å². The first-order chi connectivity index (χ1) is 13.5. The Morgan fingerprint density at radius 1 is 1.21 bits per heavy atom. The van der Waals surface area contributed by atoms with Crippen molar-refractivity contribution in [3.63, 3.8) is 0 Å². The van der Waals surface area contributed by atoms with E-state index in [0.29, 0.717) is 23.7 Å². The van der Waals surface area contributed by atoms with Crippen LogP contribution in [0.3, 0.4) is 0 Å². The van der Waals surface area contributed by atoms with Crippen molar-refractivity contribution in [3.05, 3.63) is 29.0 Å². The monoisotopic (exact) mass is 383 g/mol. The summed E-state index contributed by atoms with van der Waals surface area (Å²) < 4.78 is 12.4. The number of rotatable bonds is 1. The van der Waals surface area contributed by atoms with Crippen LogP contribution in [0.4, 0.5) is 0 Å². The second kappa shape index (κ2) is 6.51. The van der Waals surface area contributed by atoms with Gasteiger partial charge in [-0.15, -0.1) is 0 Å². The number of carbonyl (C=O) groups excluding carboxylic acids is 1. The van der Waals surface area contributed by atoms with E-state index in [9.17, 15) is 9.90 Å². The molecule has 2 aliphatic heterocycles. The molecule has 5 rings (SSSR count). The first-order valence-electron chi connectivity index (χ1n) is 10.7. The van der Waals surface area contributed by atoms with E-state index in [-0.39, 0.29) is 11.5 Å². The molecule has 5 heteroatoms. The number of aryl methyl sites for hydroxylation is 1. The van der Waals surface area contributed by atoms with Crippen LogP contribution < -0.4 is 4.74 Å². The number of amides is 1. The van der Waals surface area contributed by atoms with Gasteiger partial charge in [0.1, 0.15) is 16.9 Å². The van der Waals surface area contributed by atoms with Gasteiger partial charge in [-0.05, 0) is 63.5 Å². The molecule has 1 N–H and O–H groups in total. The molecular formula is C23H29NO4. The number of hydrogen-bond donors (Lipinski definition) is 1. The Morgan fingerprint density at radius 3 is 2.64 bits per heavy atom. The maximum Gasteiger partial charge on any atom is 0.289 e. The summed E-state index contributed by atoms with van der Waals surface area (Å²) in [5.41, 5.74) is 2.05. The number of nitrogens with zero attached hydrogens (tertiary/aromatic N) is 1. The maximum absolute atomic E-state index is 13.1. The van der Waals surface area contributed by atoms with E-state index in [1.165, 1.54) is 0 Å². The fourth-order valence-corrected chi connectivity index (χ4v) is 5.39. The second-order valence-electron chi connectivity index (χ2n) is 9.09. The van der Waals surface area contributed by atoms with Crippen molar-refractivity contribution in [2.45, 2.75) is 70.5 Å². The highest BCUT2D eigenvalue weighted by atomic mass is 16.5. The molecule has 2 aromatic rings. The van der Waals surface area contributed by atoms with Crippen molar-refractivity contribution >= 4 is 16.9 Å². The van der Waals surface area contributed by atoms with Crippen molar-refractivity contribution < 1.29 is 19.1 Å². The van der Waals surface area contributed by atoms with Gasteiger partial charge >= 0.3 is 0 Å². The normalized spacial score (nSPS) is 24.5. The molecule has 1 aromatic carbocycles. The van der Waals surface area contributed by atoms with Gasteiger partial charge in [0, 0.05) is 36.0 Å². The lowest BCUT2D eigenvalue weighted by Crippen LogP contribution is -2.38. The van der Waals surface area contributed by atoms with Crippen molar-refractivity contribution in [1.82, 2.24) is 4.90 Å². The van der Waals surface area contributed by atoms with Crippen LogP contribution in [0.5, 0.6) is 5.75 Å². The van der Waals surface area contributed by atoms with Gasteiger partial charge in [-0.2, -0.15) is 0 Å². The molecule has 3 heterocycles. The lowest BCUT2D eigenvalue weighted by molar-refractivity contribution is -0.00845. The third kappa shape index (κ3) is 2.74. The minimum Gasteiger partial charge on any atom is -0.487 e. The van der Waals surface area contributed by atoms with Gasteiger partial charge in [0.25, 0.3) is 5.91 Å². The van der Waals surface area contributed by atoms with Crippen LogP contribution in [0.15, 0.2) is 16.5 Å². The minimum absolute atomic E-state index is 0.0344. The van der Waals surface area contributed by atoms with Crippen LogP contribution in [-0.2, 0) is 0 Å². The summed E-state index contributed by atoms with van der Waals surface area (Å²) in [6.45, 7) is 5.73. The average molecular weight is 383 g/mol. The summed E-state index contributed by atoms with van der Waals surface area (Å²) in [5.74, 6) is 1.80. The maximum atomic E-state index is 13.1. The Balaban J connectivity index is 1.54. The first-order valence-corrected chi connectivity index (χ1v) is 10.7. The fourth-order valence-electron chi connectivity index (χ4n) is 5.39. The largest absolute Gasteiger partial charge is 0.487 e. The average Bonchev–Trinajstić information content (AvgIpc) is 3.26. The number of aliphatic hydroxyl groups is 1. The number of carbonyl (C=O) groups is 1. The van der Waals surface area contributed by atoms with Crippen LogP contribution in [0.2, 0.25) is 0 Å². The van der Waals surface area contributed by atoms with E-state index < -0.39 is 6.10 Å². The van der Waals surface area contributed by atoms with Crippen LogP contribution in [-0.4, -0.2) is 34.6 Å². The van der Waals surface area contributed by atoms with E-state index in [2.05, 4.69) is 6.92 Å². The summed E-state index contributed by atoms with van der Waals surface area (Å²) in [6.07, 6.45) is 6.43. The van der Waals surface area contributed by atoms with E-state index in [1.807, 2.05) is 24.0 Å². The minimum atomic E-state index is -0.583. The molecule has 1 atom stereocenters. The highest BCUT2D eigenvalue weighted by Gasteiger charge is 2.44. The SMILES string of the molecule is Cc1c(C(=O)N2CCC(C)CC2)oc2ccc3c(c12)[C@H](O)CC1(CCCC1)O3. The van der Waals surface area contributed by atoms with Crippen molar-refractivity contribution in [1.29, 1.82) is 0 Å². The molecule has 1 amide bonds. The molecule has 1 spiro atoms. The number of piperidine rings is 1. The number of furan rings is 1. The van der Waals surface area contributed by atoms with Gasteiger partial charge in [0.15, 0.2) is 5.76 Å². The fraction of sp³-hybridized carbons (Fsp3) is 0.609. The highest BCUT2D eigenvalue weighted by Crippen LogP contribution is 2.50. The summed E-state index contributed by atoms with van der Waals surface area (Å²) in [7, 11) is 0. The van der Waals surface area contributed by atoms with Gasteiger partial charge in [-0.3, -0.25) is 4.79 Å². The molecule has 1 aliphatic carbocycles.